The molecule has 2 nitrogen and oxygen atoms in total. The highest BCUT2D eigenvalue weighted by atomic mass is 16.5. The van der Waals surface area contributed by atoms with Gasteiger partial charge in [-0.3, -0.25) is 0 Å². The molecular weight excluding hydrogens is 162 g/mol. The lowest BCUT2D eigenvalue weighted by atomic mass is 10.1. The van der Waals surface area contributed by atoms with Gasteiger partial charge in [0.15, 0.2) is 0 Å². The summed E-state index contributed by atoms with van der Waals surface area (Å²) in [5.41, 5.74) is 1.23. The number of hydrogen-bond donors (Lipinski definition) is 1. The molecule has 0 radical (unpaired) electrons. The molecule has 1 atom stereocenters. The van der Waals surface area contributed by atoms with Crippen molar-refractivity contribution in [3.63, 3.8) is 0 Å². The highest BCUT2D eigenvalue weighted by molar-refractivity contribution is 5.01. The minimum absolute atomic E-state index is 0.468. The molecule has 0 bridgehead atoms. The molecule has 0 spiro atoms. The highest BCUT2D eigenvalue weighted by Gasteiger charge is 2.06. The normalized spacial score (nSPS) is 12.8. The Bertz CT molecular complexity index is 134. The summed E-state index contributed by atoms with van der Waals surface area (Å²) in [5, 5.41) is 3.47. The van der Waals surface area contributed by atoms with Crippen LogP contribution in [0.25, 0.3) is 0 Å². The van der Waals surface area contributed by atoms with E-state index in [9.17, 15) is 0 Å². The second-order valence-electron chi connectivity index (χ2n) is 3.49. The van der Waals surface area contributed by atoms with Gasteiger partial charge in [-0.15, -0.1) is 0 Å². The first-order valence-electron chi connectivity index (χ1n) is 5.10. The average Bonchev–Trinajstić information content (AvgIpc) is 2.10. The van der Waals surface area contributed by atoms with E-state index in [-0.39, 0.29) is 0 Å². The maximum absolute atomic E-state index is 5.02. The second-order valence-corrected chi connectivity index (χ2v) is 3.49. The van der Waals surface area contributed by atoms with Crippen molar-refractivity contribution in [2.75, 3.05) is 20.3 Å². The lowest BCUT2D eigenvalue weighted by Gasteiger charge is -2.18. The molecule has 0 heterocycles. The Kier molecular flexibility index (Phi) is 8.05. The van der Waals surface area contributed by atoms with Crippen LogP contribution in [0, 0.1) is 0 Å². The average molecular weight is 185 g/mol. The number of hydrogen-bond acceptors (Lipinski definition) is 2. The van der Waals surface area contributed by atoms with Gasteiger partial charge in [-0.1, -0.05) is 19.1 Å². The van der Waals surface area contributed by atoms with Gasteiger partial charge in [0.1, 0.15) is 0 Å². The van der Waals surface area contributed by atoms with Crippen molar-refractivity contribution in [1.82, 2.24) is 5.32 Å². The molecule has 2 heteroatoms. The predicted molar refractivity (Wildman–Crippen MR) is 58.0 cm³/mol. The van der Waals surface area contributed by atoms with Crippen molar-refractivity contribution >= 4 is 0 Å². The number of ether oxygens (including phenoxy) is 1. The zero-order valence-corrected chi connectivity index (χ0v) is 9.23. The first-order valence-corrected chi connectivity index (χ1v) is 5.10. The van der Waals surface area contributed by atoms with E-state index in [1.807, 2.05) is 0 Å². The molecule has 1 N–H and O–H groups in total. The molecule has 0 saturated heterocycles. The maximum Gasteiger partial charge on any atom is 0.0462 e. The fourth-order valence-electron chi connectivity index (χ4n) is 1.27. The van der Waals surface area contributed by atoms with E-state index in [0.29, 0.717) is 6.04 Å². The Morgan fingerprint density at radius 2 is 2.23 bits per heavy atom. The van der Waals surface area contributed by atoms with Gasteiger partial charge in [-0.05, 0) is 32.7 Å². The Morgan fingerprint density at radius 1 is 1.54 bits per heavy atom. The van der Waals surface area contributed by atoms with Crippen LogP contribution in [0.15, 0.2) is 12.2 Å². The summed E-state index contributed by atoms with van der Waals surface area (Å²) < 4.78 is 5.02. The van der Waals surface area contributed by atoms with Crippen molar-refractivity contribution in [3.05, 3.63) is 12.2 Å². The van der Waals surface area contributed by atoms with Gasteiger partial charge in [-0.25, -0.2) is 0 Å². The van der Waals surface area contributed by atoms with Crippen molar-refractivity contribution in [2.45, 2.75) is 39.2 Å². The quantitative estimate of drug-likeness (QED) is 0.463. The van der Waals surface area contributed by atoms with E-state index in [1.165, 1.54) is 12.0 Å². The molecule has 0 aromatic rings. The summed E-state index contributed by atoms with van der Waals surface area (Å²) in [7, 11) is 1.75. The third kappa shape index (κ3) is 6.79. The Hall–Kier alpha value is -0.340. The van der Waals surface area contributed by atoms with Crippen molar-refractivity contribution in [2.24, 2.45) is 0 Å². The zero-order valence-electron chi connectivity index (χ0n) is 9.23. The van der Waals surface area contributed by atoms with Gasteiger partial charge in [0.05, 0.1) is 0 Å². The summed E-state index contributed by atoms with van der Waals surface area (Å²) in [5.74, 6) is 0. The minimum atomic E-state index is 0.468. The van der Waals surface area contributed by atoms with E-state index in [1.54, 1.807) is 7.11 Å². The monoisotopic (exact) mass is 185 g/mol. The van der Waals surface area contributed by atoms with Crippen LogP contribution in [0.1, 0.15) is 33.1 Å². The molecule has 0 rings (SSSR count). The van der Waals surface area contributed by atoms with Crippen LogP contribution in [0.4, 0.5) is 0 Å². The fourth-order valence-corrected chi connectivity index (χ4v) is 1.27. The molecule has 0 saturated carbocycles. The highest BCUT2D eigenvalue weighted by Crippen LogP contribution is 2.06. The molecule has 0 aliphatic rings. The molecule has 78 valence electrons. The SMILES string of the molecule is C=C(C)C(CCCOC)NCCC. The van der Waals surface area contributed by atoms with Crippen molar-refractivity contribution < 1.29 is 4.74 Å². The van der Waals surface area contributed by atoms with Gasteiger partial charge < -0.3 is 10.1 Å². The first-order chi connectivity index (χ1) is 6.22. The summed E-state index contributed by atoms with van der Waals surface area (Å²) >= 11 is 0. The molecule has 0 amide bonds. The summed E-state index contributed by atoms with van der Waals surface area (Å²) in [4.78, 5) is 0. The van der Waals surface area contributed by atoms with Crippen LogP contribution < -0.4 is 5.32 Å². The van der Waals surface area contributed by atoms with Gasteiger partial charge in [0.25, 0.3) is 0 Å². The summed E-state index contributed by atoms with van der Waals surface area (Å²) in [6.45, 7) is 10.2. The first kappa shape index (κ1) is 12.7. The lowest BCUT2D eigenvalue weighted by molar-refractivity contribution is 0.190. The molecule has 1 unspecified atom stereocenters. The Morgan fingerprint density at radius 3 is 2.69 bits per heavy atom. The molecule has 0 aliphatic carbocycles. The van der Waals surface area contributed by atoms with Crippen LogP contribution >= 0.6 is 0 Å². The number of rotatable bonds is 8. The molecule has 13 heavy (non-hydrogen) atoms. The molecule has 0 fully saturated rings. The smallest absolute Gasteiger partial charge is 0.0462 e. The standard InChI is InChI=1S/C11H23NO/c1-5-8-12-11(10(2)3)7-6-9-13-4/h11-12H,2,5-9H2,1,3-4H3. The van der Waals surface area contributed by atoms with E-state index in [4.69, 9.17) is 4.74 Å². The van der Waals surface area contributed by atoms with E-state index in [2.05, 4.69) is 25.7 Å². The van der Waals surface area contributed by atoms with Crippen LogP contribution in [0.3, 0.4) is 0 Å². The summed E-state index contributed by atoms with van der Waals surface area (Å²) in [6, 6.07) is 0.468. The van der Waals surface area contributed by atoms with Gasteiger partial charge >= 0.3 is 0 Å². The van der Waals surface area contributed by atoms with Crippen LogP contribution in [0.5, 0.6) is 0 Å². The third-order valence-corrected chi connectivity index (χ3v) is 2.08. The number of nitrogens with one attached hydrogen (secondary N) is 1. The van der Waals surface area contributed by atoms with Crippen LogP contribution in [0.2, 0.25) is 0 Å². The van der Waals surface area contributed by atoms with E-state index >= 15 is 0 Å². The topological polar surface area (TPSA) is 21.3 Å². The van der Waals surface area contributed by atoms with Gasteiger partial charge in [0, 0.05) is 19.8 Å². The van der Waals surface area contributed by atoms with Crippen LogP contribution in [-0.2, 0) is 4.74 Å². The number of methoxy groups -OCH3 is 1. The minimum Gasteiger partial charge on any atom is -0.385 e. The third-order valence-electron chi connectivity index (χ3n) is 2.08. The Balaban J connectivity index is 3.61. The largest absolute Gasteiger partial charge is 0.385 e. The lowest BCUT2D eigenvalue weighted by Crippen LogP contribution is -2.30. The second kappa shape index (κ2) is 8.27. The Labute approximate surface area is 82.4 Å². The van der Waals surface area contributed by atoms with Crippen molar-refractivity contribution in [3.8, 4) is 0 Å². The molecular formula is C11H23NO. The summed E-state index contributed by atoms with van der Waals surface area (Å²) in [6.07, 6.45) is 3.40. The van der Waals surface area contributed by atoms with Crippen LogP contribution in [-0.4, -0.2) is 26.3 Å². The zero-order chi connectivity index (χ0) is 10.1. The predicted octanol–water partition coefficient (Wildman–Crippen LogP) is 2.36. The molecule has 0 aromatic heterocycles. The van der Waals surface area contributed by atoms with E-state index in [0.717, 1.165) is 26.0 Å². The molecule has 0 aromatic carbocycles. The maximum atomic E-state index is 5.02. The van der Waals surface area contributed by atoms with E-state index < -0.39 is 0 Å². The van der Waals surface area contributed by atoms with Crippen molar-refractivity contribution in [1.29, 1.82) is 0 Å². The van der Waals surface area contributed by atoms with Gasteiger partial charge in [0.2, 0.25) is 0 Å². The molecule has 0 aliphatic heterocycles. The van der Waals surface area contributed by atoms with Gasteiger partial charge in [-0.2, -0.15) is 0 Å². The fraction of sp³-hybridized carbons (Fsp3) is 0.818.